The first-order chi connectivity index (χ1) is 18.6. The van der Waals surface area contributed by atoms with E-state index in [0.717, 1.165) is 22.3 Å². The van der Waals surface area contributed by atoms with Gasteiger partial charge in [-0.2, -0.15) is 18.3 Å². The van der Waals surface area contributed by atoms with Crippen molar-refractivity contribution in [3.05, 3.63) is 54.4 Å². The molecule has 2 aliphatic rings. The minimum Gasteiger partial charge on any atom is -0.366 e. The predicted octanol–water partition coefficient (Wildman–Crippen LogP) is 5.16. The van der Waals surface area contributed by atoms with Gasteiger partial charge in [0.2, 0.25) is 0 Å². The third-order valence-electron chi connectivity index (χ3n) is 8.42. The summed E-state index contributed by atoms with van der Waals surface area (Å²) in [6, 6.07) is 11.1. The minimum atomic E-state index is -4.30. The van der Waals surface area contributed by atoms with Gasteiger partial charge < -0.3 is 20.0 Å². The number of urea groups is 1. The number of halogens is 3. The van der Waals surface area contributed by atoms with Crippen molar-refractivity contribution < 1.29 is 18.0 Å². The maximum atomic E-state index is 14.4. The van der Waals surface area contributed by atoms with Crippen molar-refractivity contribution >= 4 is 17.2 Å². The lowest BCUT2D eigenvalue weighted by Crippen LogP contribution is -2.52. The average Bonchev–Trinajstić information content (AvgIpc) is 3.37. The van der Waals surface area contributed by atoms with E-state index in [-0.39, 0.29) is 24.9 Å². The number of nitrogens with zero attached hydrogens (tertiary/aromatic N) is 5. The number of carbonyl (C=O) groups excluding carboxylic acids is 1. The van der Waals surface area contributed by atoms with E-state index in [4.69, 9.17) is 0 Å². The first-order valence-electron chi connectivity index (χ1n) is 13.8. The summed E-state index contributed by atoms with van der Waals surface area (Å²) in [5, 5.41) is 7.32. The summed E-state index contributed by atoms with van der Waals surface area (Å²) >= 11 is 0. The van der Waals surface area contributed by atoms with Gasteiger partial charge in [0, 0.05) is 56.7 Å². The summed E-state index contributed by atoms with van der Waals surface area (Å²) in [5.74, 6) is 0. The van der Waals surface area contributed by atoms with E-state index in [1.54, 1.807) is 30.5 Å². The largest absolute Gasteiger partial charge is 0.398 e. The number of likely N-dealkylation sites (tertiary alicyclic amines) is 1. The molecule has 4 heterocycles. The molecule has 1 aromatic carbocycles. The smallest absolute Gasteiger partial charge is 0.366 e. The zero-order valence-electron chi connectivity index (χ0n) is 22.8. The Morgan fingerprint density at radius 2 is 1.67 bits per heavy atom. The molecule has 2 aliphatic heterocycles. The van der Waals surface area contributed by atoms with Crippen LogP contribution in [0.4, 0.5) is 23.7 Å². The number of piperazine rings is 1. The number of anilines is 1. The molecule has 3 aromatic rings. The van der Waals surface area contributed by atoms with Crippen LogP contribution in [0.5, 0.6) is 0 Å². The van der Waals surface area contributed by atoms with Gasteiger partial charge in [-0.05, 0) is 70.0 Å². The van der Waals surface area contributed by atoms with Gasteiger partial charge >= 0.3 is 12.2 Å². The number of aromatic nitrogens is 2. The summed E-state index contributed by atoms with van der Waals surface area (Å²) in [4.78, 5) is 18.4. The van der Waals surface area contributed by atoms with Crippen LogP contribution in [0.3, 0.4) is 0 Å². The van der Waals surface area contributed by atoms with Crippen LogP contribution in [0.15, 0.2) is 48.8 Å². The Balaban J connectivity index is 1.37. The Kier molecular flexibility index (Phi) is 7.50. The average molecular weight is 543 g/mol. The Bertz CT molecular complexity index is 1290. The van der Waals surface area contributed by atoms with Crippen molar-refractivity contribution in [3.63, 3.8) is 0 Å². The molecule has 5 rings (SSSR count). The quantitative estimate of drug-likeness (QED) is 0.484. The molecule has 1 N–H and O–H groups in total. The van der Waals surface area contributed by atoms with E-state index in [2.05, 4.69) is 20.2 Å². The highest BCUT2D eigenvalue weighted by Crippen LogP contribution is 2.49. The number of nitrogens with one attached hydrogen (secondary N) is 1. The molecule has 0 spiro atoms. The predicted molar refractivity (Wildman–Crippen MR) is 147 cm³/mol. The first-order valence-corrected chi connectivity index (χ1v) is 13.8. The zero-order chi connectivity index (χ0) is 27.8. The van der Waals surface area contributed by atoms with Crippen LogP contribution in [-0.2, 0) is 5.41 Å². The van der Waals surface area contributed by atoms with Gasteiger partial charge in [0.25, 0.3) is 0 Å². The van der Waals surface area contributed by atoms with Gasteiger partial charge in [-0.3, -0.25) is 0 Å². The Labute approximate surface area is 227 Å². The molecule has 2 fully saturated rings. The molecule has 0 aliphatic carbocycles. The number of carbonyl (C=O) groups is 1. The van der Waals surface area contributed by atoms with Crippen molar-refractivity contribution in [2.45, 2.75) is 51.2 Å². The standard InChI is InChI=1S/C29H37F3N6O/c1-4-33-27(39)37-17-15-36(16-18-37)25-9-12-34-38-20-23(19-26(25)38)22-5-7-24(8-6-22)28(29(30,31)32)10-13-35(14-11-28)21(2)3/h5-9,12,19-21H,4,10-11,13-18H2,1-3H3,(H,33,39). The molecule has 10 heteroatoms. The molecule has 2 aromatic heterocycles. The first kappa shape index (κ1) is 27.3. The maximum absolute atomic E-state index is 14.4. The topological polar surface area (TPSA) is 56.1 Å². The summed E-state index contributed by atoms with van der Waals surface area (Å²) in [7, 11) is 0. The SMILES string of the molecule is CCNC(=O)N1CCN(c2ccnn3cc(-c4ccc(C5(C(F)(F)F)CCN(C(C)C)CC5)cc4)cc23)CC1. The van der Waals surface area contributed by atoms with Crippen LogP contribution >= 0.6 is 0 Å². The number of piperidine rings is 1. The van der Waals surface area contributed by atoms with Gasteiger partial charge in [0.05, 0.1) is 16.6 Å². The second kappa shape index (κ2) is 10.7. The number of rotatable bonds is 5. The fraction of sp³-hybridized carbons (Fsp3) is 0.517. The number of hydrogen-bond donors (Lipinski definition) is 1. The van der Waals surface area contributed by atoms with Crippen LogP contribution in [0, 0.1) is 0 Å². The van der Waals surface area contributed by atoms with E-state index >= 15 is 0 Å². The lowest BCUT2D eigenvalue weighted by atomic mass is 9.71. The Hall–Kier alpha value is -3.27. The molecule has 0 unspecified atom stereocenters. The fourth-order valence-corrected chi connectivity index (χ4v) is 5.98. The monoisotopic (exact) mass is 542 g/mol. The van der Waals surface area contributed by atoms with Gasteiger partial charge in [0.1, 0.15) is 0 Å². The number of alkyl halides is 3. The van der Waals surface area contributed by atoms with Crippen LogP contribution in [0.25, 0.3) is 16.6 Å². The maximum Gasteiger partial charge on any atom is 0.398 e. The van der Waals surface area contributed by atoms with E-state index in [1.165, 1.54) is 0 Å². The molecule has 0 radical (unpaired) electrons. The van der Waals surface area contributed by atoms with Crippen molar-refractivity contribution in [2.75, 3.05) is 50.7 Å². The molecule has 7 nitrogen and oxygen atoms in total. The summed E-state index contributed by atoms with van der Waals surface area (Å²) in [6.07, 6.45) is -0.487. The molecule has 39 heavy (non-hydrogen) atoms. The molecule has 2 amide bonds. The lowest BCUT2D eigenvalue weighted by molar-refractivity contribution is -0.203. The third kappa shape index (κ3) is 5.18. The number of fused-ring (bicyclic) bond motifs is 1. The van der Waals surface area contributed by atoms with Crippen LogP contribution < -0.4 is 10.2 Å². The molecular formula is C29H37F3N6O. The second-order valence-corrected chi connectivity index (χ2v) is 10.9. The van der Waals surface area contributed by atoms with Crippen LogP contribution in [0.1, 0.15) is 39.2 Å². The Morgan fingerprint density at radius 1 is 1.00 bits per heavy atom. The third-order valence-corrected chi connectivity index (χ3v) is 8.42. The highest BCUT2D eigenvalue weighted by molar-refractivity contribution is 5.80. The molecule has 0 bridgehead atoms. The number of benzene rings is 1. The minimum absolute atomic E-state index is 0.0387. The van der Waals surface area contributed by atoms with Crippen LogP contribution in [-0.4, -0.2) is 83.5 Å². The summed E-state index contributed by atoms with van der Waals surface area (Å²) in [5.41, 5.74) is 2.24. The van der Waals surface area contributed by atoms with Crippen molar-refractivity contribution in [1.29, 1.82) is 0 Å². The van der Waals surface area contributed by atoms with Gasteiger partial charge in [-0.1, -0.05) is 24.3 Å². The molecule has 2 saturated heterocycles. The number of hydrogen-bond acceptors (Lipinski definition) is 4. The van der Waals surface area contributed by atoms with E-state index in [0.29, 0.717) is 51.4 Å². The highest BCUT2D eigenvalue weighted by Gasteiger charge is 2.56. The zero-order valence-corrected chi connectivity index (χ0v) is 22.8. The van der Waals surface area contributed by atoms with E-state index in [9.17, 15) is 18.0 Å². The van der Waals surface area contributed by atoms with Gasteiger partial charge in [0.15, 0.2) is 0 Å². The summed E-state index contributed by atoms with van der Waals surface area (Å²) < 4.78 is 45.1. The normalized spacial score (nSPS) is 18.6. The summed E-state index contributed by atoms with van der Waals surface area (Å²) in [6.45, 7) is 10.1. The van der Waals surface area contributed by atoms with E-state index < -0.39 is 11.6 Å². The number of amides is 2. The highest BCUT2D eigenvalue weighted by atomic mass is 19.4. The molecular weight excluding hydrogens is 505 g/mol. The molecule has 0 saturated carbocycles. The van der Waals surface area contributed by atoms with E-state index in [1.807, 2.05) is 48.5 Å². The molecule has 210 valence electrons. The fourth-order valence-electron chi connectivity index (χ4n) is 5.98. The van der Waals surface area contributed by atoms with Gasteiger partial charge in [-0.25, -0.2) is 9.31 Å². The second-order valence-electron chi connectivity index (χ2n) is 10.9. The van der Waals surface area contributed by atoms with Crippen molar-refractivity contribution in [2.24, 2.45) is 0 Å². The lowest BCUT2D eigenvalue weighted by Gasteiger charge is -2.44. The molecule has 0 atom stereocenters. The van der Waals surface area contributed by atoms with Crippen molar-refractivity contribution in [3.8, 4) is 11.1 Å². The van der Waals surface area contributed by atoms with Gasteiger partial charge in [-0.15, -0.1) is 0 Å². The Morgan fingerprint density at radius 3 is 2.26 bits per heavy atom. The van der Waals surface area contributed by atoms with Crippen molar-refractivity contribution in [1.82, 2.24) is 24.7 Å². The van der Waals surface area contributed by atoms with Crippen LogP contribution in [0.2, 0.25) is 0 Å².